The first-order valence-corrected chi connectivity index (χ1v) is 8.09. The van der Waals surface area contributed by atoms with Gasteiger partial charge in [-0.25, -0.2) is 0 Å². The van der Waals surface area contributed by atoms with Crippen molar-refractivity contribution in [3.05, 3.63) is 64.8 Å². The number of para-hydroxylation sites is 1. The van der Waals surface area contributed by atoms with E-state index in [4.69, 9.17) is 4.74 Å². The van der Waals surface area contributed by atoms with Gasteiger partial charge in [0.1, 0.15) is 12.3 Å². The Labute approximate surface area is 143 Å². The number of nitrogens with one attached hydrogen (secondary N) is 1. The van der Waals surface area contributed by atoms with Gasteiger partial charge in [0, 0.05) is 33.7 Å². The van der Waals surface area contributed by atoms with Crippen LogP contribution in [-0.4, -0.2) is 17.6 Å². The summed E-state index contributed by atoms with van der Waals surface area (Å²) in [5.41, 5.74) is 2.00. The Bertz CT molecular complexity index is 842. The highest BCUT2D eigenvalue weighted by molar-refractivity contribution is 9.10. The maximum atomic E-state index is 12.2. The highest BCUT2D eigenvalue weighted by Crippen LogP contribution is 2.21. The minimum atomic E-state index is -0.0312. The summed E-state index contributed by atoms with van der Waals surface area (Å²) in [7, 11) is 1.63. The van der Waals surface area contributed by atoms with Gasteiger partial charge in [0.25, 0.3) is 0 Å². The Balaban J connectivity index is 1.67. The van der Waals surface area contributed by atoms with Crippen molar-refractivity contribution in [3.63, 3.8) is 0 Å². The quantitative estimate of drug-likeness (QED) is 0.741. The van der Waals surface area contributed by atoms with E-state index in [-0.39, 0.29) is 5.91 Å². The molecule has 2 aromatic carbocycles. The molecular formula is C18H17BrN2O2. The maximum Gasteiger partial charge on any atom is 0.240 e. The van der Waals surface area contributed by atoms with Gasteiger partial charge in [-0.3, -0.25) is 4.79 Å². The molecule has 1 N–H and O–H groups in total. The molecule has 5 heteroatoms. The van der Waals surface area contributed by atoms with Crippen molar-refractivity contribution in [2.45, 2.75) is 13.1 Å². The number of carbonyl (C=O) groups excluding carboxylic acids is 1. The first-order chi connectivity index (χ1) is 11.2. The molecule has 0 fully saturated rings. The molecule has 0 spiro atoms. The molecule has 0 bridgehead atoms. The van der Waals surface area contributed by atoms with Crippen LogP contribution in [0.25, 0.3) is 10.9 Å². The van der Waals surface area contributed by atoms with Crippen LogP contribution in [0.1, 0.15) is 5.56 Å². The standard InChI is InChI=1S/C18H17BrN2O2/c1-23-17-5-3-2-4-14(17)11-20-18(22)12-21-9-8-13-10-15(19)6-7-16(13)21/h2-10H,11-12H2,1H3,(H,20,22). The van der Waals surface area contributed by atoms with E-state index in [0.717, 1.165) is 26.7 Å². The van der Waals surface area contributed by atoms with Gasteiger partial charge in [-0.15, -0.1) is 0 Å². The molecule has 0 atom stereocenters. The van der Waals surface area contributed by atoms with E-state index in [1.54, 1.807) is 7.11 Å². The summed E-state index contributed by atoms with van der Waals surface area (Å²) in [4.78, 5) is 12.2. The number of halogens is 1. The molecule has 118 valence electrons. The van der Waals surface area contributed by atoms with Crippen LogP contribution in [0, 0.1) is 0 Å². The van der Waals surface area contributed by atoms with Crippen molar-refractivity contribution >= 4 is 32.7 Å². The number of rotatable bonds is 5. The number of aromatic nitrogens is 1. The topological polar surface area (TPSA) is 43.3 Å². The smallest absolute Gasteiger partial charge is 0.240 e. The average molecular weight is 373 g/mol. The second kappa shape index (κ2) is 6.87. The van der Waals surface area contributed by atoms with Crippen molar-refractivity contribution in [3.8, 4) is 5.75 Å². The lowest BCUT2D eigenvalue weighted by Crippen LogP contribution is -2.27. The molecular weight excluding hydrogens is 356 g/mol. The van der Waals surface area contributed by atoms with Crippen molar-refractivity contribution in [1.82, 2.24) is 9.88 Å². The van der Waals surface area contributed by atoms with Gasteiger partial charge in [0.15, 0.2) is 0 Å². The maximum absolute atomic E-state index is 12.2. The first kappa shape index (κ1) is 15.6. The van der Waals surface area contributed by atoms with Gasteiger partial charge in [-0.2, -0.15) is 0 Å². The monoisotopic (exact) mass is 372 g/mol. The second-order valence-electron chi connectivity index (χ2n) is 5.24. The highest BCUT2D eigenvalue weighted by Gasteiger charge is 2.08. The third-order valence-electron chi connectivity index (χ3n) is 3.72. The van der Waals surface area contributed by atoms with E-state index in [1.165, 1.54) is 0 Å². The molecule has 23 heavy (non-hydrogen) atoms. The summed E-state index contributed by atoms with van der Waals surface area (Å²) < 4.78 is 8.27. The highest BCUT2D eigenvalue weighted by atomic mass is 79.9. The van der Waals surface area contributed by atoms with Crippen molar-refractivity contribution < 1.29 is 9.53 Å². The molecule has 0 radical (unpaired) electrons. The predicted octanol–water partition coefficient (Wildman–Crippen LogP) is 3.73. The Morgan fingerprint density at radius 3 is 2.87 bits per heavy atom. The lowest BCUT2D eigenvalue weighted by Gasteiger charge is -2.10. The molecule has 1 aromatic heterocycles. The third kappa shape index (κ3) is 3.56. The van der Waals surface area contributed by atoms with Crippen LogP contribution in [0.2, 0.25) is 0 Å². The summed E-state index contributed by atoms with van der Waals surface area (Å²) in [6, 6.07) is 15.7. The number of nitrogens with zero attached hydrogens (tertiary/aromatic N) is 1. The van der Waals surface area contributed by atoms with Gasteiger partial charge < -0.3 is 14.6 Å². The van der Waals surface area contributed by atoms with Crippen LogP contribution in [0.5, 0.6) is 5.75 Å². The number of hydrogen-bond acceptors (Lipinski definition) is 2. The van der Waals surface area contributed by atoms with E-state index in [9.17, 15) is 4.79 Å². The first-order valence-electron chi connectivity index (χ1n) is 7.30. The SMILES string of the molecule is COc1ccccc1CNC(=O)Cn1ccc2cc(Br)ccc21. The third-order valence-corrected chi connectivity index (χ3v) is 4.21. The fraction of sp³-hybridized carbons (Fsp3) is 0.167. The fourth-order valence-corrected chi connectivity index (χ4v) is 2.94. The molecule has 4 nitrogen and oxygen atoms in total. The minimum absolute atomic E-state index is 0.0312. The molecule has 0 saturated carbocycles. The number of benzene rings is 2. The van der Waals surface area contributed by atoms with E-state index in [2.05, 4.69) is 21.2 Å². The van der Waals surface area contributed by atoms with E-state index in [0.29, 0.717) is 13.1 Å². The number of fused-ring (bicyclic) bond motifs is 1. The van der Waals surface area contributed by atoms with Crippen LogP contribution >= 0.6 is 15.9 Å². The summed E-state index contributed by atoms with van der Waals surface area (Å²) in [6.07, 6.45) is 1.93. The molecule has 0 saturated heterocycles. The van der Waals surface area contributed by atoms with Crippen LogP contribution in [-0.2, 0) is 17.9 Å². The molecule has 0 aliphatic carbocycles. The van der Waals surface area contributed by atoms with Crippen molar-refractivity contribution in [2.24, 2.45) is 0 Å². The van der Waals surface area contributed by atoms with Crippen LogP contribution < -0.4 is 10.1 Å². The lowest BCUT2D eigenvalue weighted by atomic mass is 10.2. The molecule has 1 heterocycles. The normalized spacial score (nSPS) is 10.7. The Morgan fingerprint density at radius 1 is 1.22 bits per heavy atom. The second-order valence-corrected chi connectivity index (χ2v) is 6.15. The Morgan fingerprint density at radius 2 is 2.04 bits per heavy atom. The van der Waals surface area contributed by atoms with Gasteiger partial charge in [-0.05, 0) is 30.3 Å². The zero-order valence-electron chi connectivity index (χ0n) is 12.8. The average Bonchev–Trinajstić information content (AvgIpc) is 2.95. The fourth-order valence-electron chi connectivity index (χ4n) is 2.56. The number of amides is 1. The summed E-state index contributed by atoms with van der Waals surface area (Å²) in [5.74, 6) is 0.750. The van der Waals surface area contributed by atoms with Crippen molar-refractivity contribution in [2.75, 3.05) is 7.11 Å². The molecule has 3 aromatic rings. The number of methoxy groups -OCH3 is 1. The van der Waals surface area contributed by atoms with Gasteiger partial charge in [0.2, 0.25) is 5.91 Å². The van der Waals surface area contributed by atoms with Gasteiger partial charge in [0.05, 0.1) is 7.11 Å². The zero-order valence-corrected chi connectivity index (χ0v) is 14.3. The van der Waals surface area contributed by atoms with Crippen LogP contribution in [0.3, 0.4) is 0 Å². The zero-order chi connectivity index (χ0) is 16.2. The molecule has 3 rings (SSSR count). The molecule has 1 amide bonds. The molecule has 0 aliphatic heterocycles. The number of carbonyl (C=O) groups is 1. The Kier molecular flexibility index (Phi) is 4.67. The van der Waals surface area contributed by atoms with Crippen LogP contribution in [0.15, 0.2) is 59.2 Å². The summed E-state index contributed by atoms with van der Waals surface area (Å²) in [6.45, 7) is 0.744. The van der Waals surface area contributed by atoms with E-state index < -0.39 is 0 Å². The van der Waals surface area contributed by atoms with Crippen molar-refractivity contribution in [1.29, 1.82) is 0 Å². The number of hydrogen-bond donors (Lipinski definition) is 1. The van der Waals surface area contributed by atoms with Crippen LogP contribution in [0.4, 0.5) is 0 Å². The number of ether oxygens (including phenoxy) is 1. The molecule has 0 unspecified atom stereocenters. The minimum Gasteiger partial charge on any atom is -0.496 e. The van der Waals surface area contributed by atoms with Gasteiger partial charge in [-0.1, -0.05) is 34.1 Å². The lowest BCUT2D eigenvalue weighted by molar-refractivity contribution is -0.121. The molecule has 0 aliphatic rings. The summed E-state index contributed by atoms with van der Waals surface area (Å²) >= 11 is 3.46. The summed E-state index contributed by atoms with van der Waals surface area (Å²) in [5, 5.41) is 4.05. The van der Waals surface area contributed by atoms with Gasteiger partial charge >= 0.3 is 0 Å². The predicted molar refractivity (Wildman–Crippen MR) is 94.5 cm³/mol. The van der Waals surface area contributed by atoms with E-state index in [1.807, 2.05) is 59.3 Å². The Hall–Kier alpha value is -2.27. The largest absolute Gasteiger partial charge is 0.496 e. The van der Waals surface area contributed by atoms with E-state index >= 15 is 0 Å².